The molecule has 2 rings (SSSR count). The van der Waals surface area contributed by atoms with Crippen LogP contribution in [-0.4, -0.2) is 49.3 Å². The van der Waals surface area contributed by atoms with E-state index in [0.29, 0.717) is 0 Å². The van der Waals surface area contributed by atoms with E-state index in [1.165, 1.54) is 0 Å². The third-order valence-electron chi connectivity index (χ3n) is 3.09. The van der Waals surface area contributed by atoms with Crippen molar-refractivity contribution in [3.05, 3.63) is 17.3 Å². The van der Waals surface area contributed by atoms with Gasteiger partial charge in [-0.3, -0.25) is 4.90 Å². The Labute approximate surface area is 102 Å². The highest BCUT2D eigenvalue weighted by Gasteiger charge is 2.21. The van der Waals surface area contributed by atoms with Crippen LogP contribution in [0.25, 0.3) is 0 Å². The molecule has 1 aliphatic heterocycles. The number of nitrogens with zero attached hydrogens (tertiary/aromatic N) is 2. The normalized spacial score (nSPS) is 21.9. The van der Waals surface area contributed by atoms with Gasteiger partial charge in [0, 0.05) is 19.6 Å². The number of hydrogen-bond acceptors (Lipinski definition) is 5. The summed E-state index contributed by atoms with van der Waals surface area (Å²) < 4.78 is 11.3. The molecule has 0 radical (unpaired) electrons. The van der Waals surface area contributed by atoms with Gasteiger partial charge in [-0.1, -0.05) is 0 Å². The average molecular weight is 239 g/mol. The zero-order valence-electron chi connectivity index (χ0n) is 10.8. The van der Waals surface area contributed by atoms with E-state index in [2.05, 4.69) is 15.2 Å². The third-order valence-corrected chi connectivity index (χ3v) is 3.09. The molecular weight excluding hydrogens is 218 g/mol. The third kappa shape index (κ3) is 3.28. The molecule has 1 saturated heterocycles. The minimum absolute atomic E-state index is 0.269. The Morgan fingerprint density at radius 2 is 2.29 bits per heavy atom. The number of hydrogen-bond donors (Lipinski definition) is 1. The van der Waals surface area contributed by atoms with E-state index in [0.717, 1.165) is 50.1 Å². The van der Waals surface area contributed by atoms with Crippen molar-refractivity contribution < 1.29 is 9.15 Å². The molecule has 1 unspecified atom stereocenters. The molecule has 0 aromatic carbocycles. The van der Waals surface area contributed by atoms with Crippen molar-refractivity contribution in [3.8, 4) is 0 Å². The molecule has 1 aromatic rings. The first-order chi connectivity index (χ1) is 8.19. The molecule has 1 aliphatic rings. The fourth-order valence-corrected chi connectivity index (χ4v) is 2.07. The van der Waals surface area contributed by atoms with Gasteiger partial charge >= 0.3 is 0 Å². The topological polar surface area (TPSA) is 50.5 Å². The van der Waals surface area contributed by atoms with Gasteiger partial charge in [0.15, 0.2) is 0 Å². The fourth-order valence-electron chi connectivity index (χ4n) is 2.07. The van der Waals surface area contributed by atoms with Crippen LogP contribution in [0.4, 0.5) is 0 Å². The Balaban J connectivity index is 1.90. The summed E-state index contributed by atoms with van der Waals surface area (Å²) in [5, 5.41) is 3.14. The van der Waals surface area contributed by atoms with Crippen molar-refractivity contribution in [2.75, 3.05) is 33.3 Å². The highest BCUT2D eigenvalue weighted by molar-refractivity contribution is 5.05. The quantitative estimate of drug-likeness (QED) is 0.838. The maximum Gasteiger partial charge on any atom is 0.208 e. The van der Waals surface area contributed by atoms with E-state index < -0.39 is 0 Å². The summed E-state index contributed by atoms with van der Waals surface area (Å²) in [4.78, 5) is 6.74. The molecule has 5 nitrogen and oxygen atoms in total. The highest BCUT2D eigenvalue weighted by atomic mass is 16.5. The van der Waals surface area contributed by atoms with Crippen LogP contribution in [0.15, 0.2) is 4.42 Å². The van der Waals surface area contributed by atoms with Gasteiger partial charge in [0.2, 0.25) is 5.89 Å². The second-order valence-electron chi connectivity index (χ2n) is 4.53. The lowest BCUT2D eigenvalue weighted by atomic mass is 10.2. The number of aryl methyl sites for hydroxylation is 2. The Kier molecular flexibility index (Phi) is 4.15. The van der Waals surface area contributed by atoms with Crippen molar-refractivity contribution in [3.63, 3.8) is 0 Å². The lowest BCUT2D eigenvalue weighted by molar-refractivity contribution is -0.0314. The summed E-state index contributed by atoms with van der Waals surface area (Å²) >= 11 is 0. The van der Waals surface area contributed by atoms with Crippen molar-refractivity contribution in [2.45, 2.75) is 26.5 Å². The Morgan fingerprint density at radius 1 is 1.47 bits per heavy atom. The van der Waals surface area contributed by atoms with E-state index in [4.69, 9.17) is 9.15 Å². The summed E-state index contributed by atoms with van der Waals surface area (Å²) in [6, 6.07) is 0. The molecule has 1 fully saturated rings. The molecule has 1 N–H and O–H groups in total. The Hall–Kier alpha value is -0.910. The second kappa shape index (κ2) is 5.62. The molecule has 17 heavy (non-hydrogen) atoms. The van der Waals surface area contributed by atoms with Crippen molar-refractivity contribution in [1.82, 2.24) is 15.2 Å². The van der Waals surface area contributed by atoms with Crippen LogP contribution in [0, 0.1) is 13.8 Å². The van der Waals surface area contributed by atoms with Gasteiger partial charge in [0.25, 0.3) is 0 Å². The first-order valence-corrected chi connectivity index (χ1v) is 6.10. The predicted molar refractivity (Wildman–Crippen MR) is 64.9 cm³/mol. The van der Waals surface area contributed by atoms with Gasteiger partial charge in [-0.25, -0.2) is 4.98 Å². The zero-order chi connectivity index (χ0) is 12.3. The van der Waals surface area contributed by atoms with Crippen LogP contribution >= 0.6 is 0 Å². The van der Waals surface area contributed by atoms with Crippen LogP contribution < -0.4 is 5.32 Å². The molecule has 0 amide bonds. The number of likely N-dealkylation sites (N-methyl/N-ethyl adjacent to an activating group) is 1. The van der Waals surface area contributed by atoms with E-state index in [-0.39, 0.29) is 6.10 Å². The first kappa shape index (κ1) is 12.5. The number of oxazole rings is 1. The summed E-state index contributed by atoms with van der Waals surface area (Å²) in [5.41, 5.74) is 0.986. The minimum atomic E-state index is 0.269. The number of nitrogens with one attached hydrogen (secondary N) is 1. The monoisotopic (exact) mass is 239 g/mol. The number of aromatic nitrogens is 1. The molecule has 0 aliphatic carbocycles. The maximum atomic E-state index is 5.66. The van der Waals surface area contributed by atoms with Gasteiger partial charge in [-0.15, -0.1) is 0 Å². The zero-order valence-corrected chi connectivity index (χ0v) is 10.8. The first-order valence-electron chi connectivity index (χ1n) is 6.10. The Bertz CT molecular complexity index is 343. The lowest BCUT2D eigenvalue weighted by Crippen LogP contribution is -2.45. The number of ether oxygens (including phenoxy) is 1. The molecule has 96 valence electrons. The SMILES string of the molecule is CNCC1CN(Cc2nc(C)c(C)o2)CCO1. The van der Waals surface area contributed by atoms with E-state index in [9.17, 15) is 0 Å². The summed E-state index contributed by atoms with van der Waals surface area (Å²) in [6.45, 7) is 8.26. The van der Waals surface area contributed by atoms with E-state index in [1.54, 1.807) is 0 Å². The van der Waals surface area contributed by atoms with Crippen LogP contribution in [0.1, 0.15) is 17.3 Å². The van der Waals surface area contributed by atoms with Crippen LogP contribution in [-0.2, 0) is 11.3 Å². The fraction of sp³-hybridized carbons (Fsp3) is 0.750. The molecule has 2 heterocycles. The molecule has 1 atom stereocenters. The standard InChI is InChI=1S/C12H21N3O2/c1-9-10(2)17-12(14-9)8-15-4-5-16-11(7-15)6-13-3/h11,13H,4-8H2,1-3H3. The number of rotatable bonds is 4. The summed E-state index contributed by atoms with van der Waals surface area (Å²) in [7, 11) is 1.95. The summed E-state index contributed by atoms with van der Waals surface area (Å²) in [6.07, 6.45) is 0.269. The van der Waals surface area contributed by atoms with Crippen LogP contribution in [0.2, 0.25) is 0 Å². The van der Waals surface area contributed by atoms with Crippen molar-refractivity contribution in [1.29, 1.82) is 0 Å². The van der Waals surface area contributed by atoms with Gasteiger partial charge in [-0.2, -0.15) is 0 Å². The van der Waals surface area contributed by atoms with Gasteiger partial charge < -0.3 is 14.5 Å². The molecular formula is C12H21N3O2. The largest absolute Gasteiger partial charge is 0.444 e. The molecule has 5 heteroatoms. The van der Waals surface area contributed by atoms with Crippen LogP contribution in [0.5, 0.6) is 0 Å². The van der Waals surface area contributed by atoms with E-state index in [1.807, 2.05) is 20.9 Å². The smallest absolute Gasteiger partial charge is 0.208 e. The van der Waals surface area contributed by atoms with Gasteiger partial charge in [-0.05, 0) is 20.9 Å². The van der Waals surface area contributed by atoms with Gasteiger partial charge in [0.05, 0.1) is 24.9 Å². The predicted octanol–water partition coefficient (Wildman–Crippen LogP) is 0.712. The van der Waals surface area contributed by atoms with Gasteiger partial charge in [0.1, 0.15) is 5.76 Å². The highest BCUT2D eigenvalue weighted by Crippen LogP contribution is 2.13. The average Bonchev–Trinajstić information content (AvgIpc) is 2.59. The molecule has 0 spiro atoms. The molecule has 0 bridgehead atoms. The second-order valence-corrected chi connectivity index (χ2v) is 4.53. The maximum absolute atomic E-state index is 5.66. The Morgan fingerprint density at radius 3 is 2.94 bits per heavy atom. The van der Waals surface area contributed by atoms with E-state index >= 15 is 0 Å². The molecule has 1 aromatic heterocycles. The van der Waals surface area contributed by atoms with Crippen molar-refractivity contribution in [2.24, 2.45) is 0 Å². The molecule has 0 saturated carbocycles. The minimum Gasteiger partial charge on any atom is -0.444 e. The lowest BCUT2D eigenvalue weighted by Gasteiger charge is -2.31. The summed E-state index contributed by atoms with van der Waals surface area (Å²) in [5.74, 6) is 1.73. The van der Waals surface area contributed by atoms with Crippen LogP contribution in [0.3, 0.4) is 0 Å². The van der Waals surface area contributed by atoms with Crippen molar-refractivity contribution >= 4 is 0 Å². The number of morpholine rings is 1.